The smallest absolute Gasteiger partial charge is 0.312 e. The fraction of sp³-hybridized carbons (Fsp3) is 0.895. The molecule has 23 heavy (non-hydrogen) atoms. The van der Waals surface area contributed by atoms with Crippen molar-refractivity contribution in [1.29, 1.82) is 0 Å². The number of piperidine rings is 1. The molecular weight excluding hydrogens is 290 g/mol. The number of carbonyl (C=O) groups excluding carboxylic acids is 2. The lowest BCUT2D eigenvalue weighted by Gasteiger charge is -2.31. The third kappa shape index (κ3) is 5.22. The number of carbonyl (C=O) groups is 2. The van der Waals surface area contributed by atoms with Gasteiger partial charge in [-0.15, -0.1) is 0 Å². The van der Waals surface area contributed by atoms with Crippen molar-refractivity contribution in [3.05, 3.63) is 0 Å². The van der Waals surface area contributed by atoms with Crippen LogP contribution in [0.4, 0.5) is 0 Å². The first-order valence-corrected chi connectivity index (χ1v) is 9.34. The molecule has 4 nitrogen and oxygen atoms in total. The summed E-state index contributed by atoms with van der Waals surface area (Å²) < 4.78 is 5.66. The predicted molar refractivity (Wildman–Crippen MR) is 91.0 cm³/mol. The molecule has 0 atom stereocenters. The van der Waals surface area contributed by atoms with E-state index in [1.165, 1.54) is 6.42 Å². The average Bonchev–Trinajstić information content (AvgIpc) is 2.96. The molecule has 132 valence electrons. The highest BCUT2D eigenvalue weighted by atomic mass is 16.6. The van der Waals surface area contributed by atoms with Crippen LogP contribution in [-0.2, 0) is 14.3 Å². The van der Waals surface area contributed by atoms with E-state index >= 15 is 0 Å². The van der Waals surface area contributed by atoms with Crippen LogP contribution < -0.4 is 0 Å². The van der Waals surface area contributed by atoms with Gasteiger partial charge in [0, 0.05) is 19.5 Å². The number of esters is 1. The van der Waals surface area contributed by atoms with Crippen LogP contribution in [0.25, 0.3) is 0 Å². The molecule has 2 rings (SSSR count). The number of rotatable bonds is 5. The Morgan fingerprint density at radius 3 is 2.17 bits per heavy atom. The minimum Gasteiger partial charge on any atom is -0.460 e. The molecule has 2 fully saturated rings. The lowest BCUT2D eigenvalue weighted by Crippen LogP contribution is -2.37. The lowest BCUT2D eigenvalue weighted by molar-refractivity contribution is -0.168. The second-order valence-electron chi connectivity index (χ2n) is 8.28. The third-order valence-electron chi connectivity index (χ3n) is 5.15. The minimum absolute atomic E-state index is 0.0482. The summed E-state index contributed by atoms with van der Waals surface area (Å²) in [5, 5.41) is 0. The average molecular weight is 323 g/mol. The van der Waals surface area contributed by atoms with Gasteiger partial charge >= 0.3 is 5.97 Å². The van der Waals surface area contributed by atoms with E-state index in [4.69, 9.17) is 4.74 Å². The number of likely N-dealkylation sites (tertiary alicyclic amines) is 1. The third-order valence-corrected chi connectivity index (χ3v) is 5.15. The van der Waals surface area contributed by atoms with E-state index in [1.807, 2.05) is 25.7 Å². The Hall–Kier alpha value is -1.06. The Balaban J connectivity index is 1.84. The maximum Gasteiger partial charge on any atom is 0.312 e. The molecule has 1 aliphatic heterocycles. The molecule has 4 heteroatoms. The van der Waals surface area contributed by atoms with Crippen LogP contribution in [0.3, 0.4) is 0 Å². The maximum absolute atomic E-state index is 12.6. The molecule has 1 saturated heterocycles. The fourth-order valence-electron chi connectivity index (χ4n) is 3.87. The first kappa shape index (κ1) is 18.3. The van der Waals surface area contributed by atoms with Gasteiger partial charge in [0.25, 0.3) is 0 Å². The van der Waals surface area contributed by atoms with E-state index in [0.717, 1.165) is 64.5 Å². The number of nitrogens with zero attached hydrogens (tertiary/aromatic N) is 1. The molecule has 2 aliphatic rings. The zero-order valence-corrected chi connectivity index (χ0v) is 15.2. The highest BCUT2D eigenvalue weighted by Crippen LogP contribution is 2.44. The van der Waals surface area contributed by atoms with Gasteiger partial charge in [0.15, 0.2) is 0 Å². The second-order valence-corrected chi connectivity index (χ2v) is 8.28. The van der Waals surface area contributed by atoms with Crippen molar-refractivity contribution in [3.63, 3.8) is 0 Å². The molecule has 0 bridgehead atoms. The molecule has 0 aromatic rings. The van der Waals surface area contributed by atoms with Gasteiger partial charge in [0.2, 0.25) is 5.91 Å². The largest absolute Gasteiger partial charge is 0.460 e. The van der Waals surface area contributed by atoms with Crippen molar-refractivity contribution in [3.8, 4) is 0 Å². The molecule has 0 radical (unpaired) electrons. The molecule has 0 aromatic heterocycles. The monoisotopic (exact) mass is 323 g/mol. The van der Waals surface area contributed by atoms with Crippen LogP contribution in [0.1, 0.15) is 85.0 Å². The van der Waals surface area contributed by atoms with Crippen LogP contribution in [0.15, 0.2) is 0 Å². The molecular formula is C19H33NO3. The van der Waals surface area contributed by atoms with E-state index in [1.54, 1.807) is 0 Å². The van der Waals surface area contributed by atoms with Crippen LogP contribution in [0.5, 0.6) is 0 Å². The van der Waals surface area contributed by atoms with Crippen molar-refractivity contribution >= 4 is 11.9 Å². The van der Waals surface area contributed by atoms with Crippen LogP contribution in [0.2, 0.25) is 0 Å². The van der Waals surface area contributed by atoms with Crippen molar-refractivity contribution < 1.29 is 14.3 Å². The first-order valence-electron chi connectivity index (χ1n) is 9.34. The Labute approximate surface area is 140 Å². The number of amides is 1. The van der Waals surface area contributed by atoms with Crippen molar-refractivity contribution in [2.24, 2.45) is 5.41 Å². The Morgan fingerprint density at radius 2 is 1.61 bits per heavy atom. The predicted octanol–water partition coefficient (Wildman–Crippen LogP) is 4.07. The van der Waals surface area contributed by atoms with E-state index in [2.05, 4.69) is 0 Å². The Kier molecular flexibility index (Phi) is 6.10. The highest BCUT2D eigenvalue weighted by molar-refractivity contribution is 5.78. The molecule has 0 aromatic carbocycles. The summed E-state index contributed by atoms with van der Waals surface area (Å²) in [6.07, 6.45) is 9.70. The molecule has 0 N–H and O–H groups in total. The van der Waals surface area contributed by atoms with Crippen LogP contribution in [0, 0.1) is 5.41 Å². The van der Waals surface area contributed by atoms with Gasteiger partial charge in [-0.2, -0.15) is 0 Å². The number of hydrogen-bond donors (Lipinski definition) is 0. The van der Waals surface area contributed by atoms with E-state index < -0.39 is 5.60 Å². The van der Waals surface area contributed by atoms with E-state index in [9.17, 15) is 9.59 Å². The molecule has 1 aliphatic carbocycles. The molecule has 0 unspecified atom stereocenters. The topological polar surface area (TPSA) is 46.6 Å². The molecule has 0 spiro atoms. The van der Waals surface area contributed by atoms with Gasteiger partial charge in [-0.1, -0.05) is 12.8 Å². The van der Waals surface area contributed by atoms with E-state index in [-0.39, 0.29) is 17.3 Å². The van der Waals surface area contributed by atoms with Gasteiger partial charge < -0.3 is 9.64 Å². The van der Waals surface area contributed by atoms with Crippen molar-refractivity contribution in [1.82, 2.24) is 4.90 Å². The van der Waals surface area contributed by atoms with Crippen LogP contribution in [-0.4, -0.2) is 35.5 Å². The number of ether oxygens (including phenoxy) is 1. The summed E-state index contributed by atoms with van der Waals surface area (Å²) in [5.41, 5.74) is -0.772. The van der Waals surface area contributed by atoms with Gasteiger partial charge in [0.05, 0.1) is 5.41 Å². The van der Waals surface area contributed by atoms with Gasteiger partial charge in [-0.25, -0.2) is 0 Å². The van der Waals surface area contributed by atoms with Gasteiger partial charge in [-0.05, 0) is 65.7 Å². The maximum atomic E-state index is 12.6. The Bertz CT molecular complexity index is 413. The lowest BCUT2D eigenvalue weighted by atomic mass is 9.81. The normalized spacial score (nSPS) is 21.3. The van der Waals surface area contributed by atoms with Gasteiger partial charge in [-0.3, -0.25) is 9.59 Å². The quantitative estimate of drug-likeness (QED) is 0.716. The summed E-state index contributed by atoms with van der Waals surface area (Å²) >= 11 is 0. The van der Waals surface area contributed by atoms with Crippen LogP contribution >= 0.6 is 0 Å². The summed E-state index contributed by atoms with van der Waals surface area (Å²) in [5.74, 6) is 0.218. The Morgan fingerprint density at radius 1 is 1.00 bits per heavy atom. The number of hydrogen-bond acceptors (Lipinski definition) is 3. The SMILES string of the molecule is CC(C)(C)OC(=O)C1(CCCC(=O)N2CCCCC2)CCCC1. The van der Waals surface area contributed by atoms with Crippen molar-refractivity contribution in [2.45, 2.75) is 90.6 Å². The first-order chi connectivity index (χ1) is 10.8. The molecule has 1 amide bonds. The van der Waals surface area contributed by atoms with Crippen molar-refractivity contribution in [2.75, 3.05) is 13.1 Å². The van der Waals surface area contributed by atoms with Gasteiger partial charge in [0.1, 0.15) is 5.60 Å². The highest BCUT2D eigenvalue weighted by Gasteiger charge is 2.43. The van der Waals surface area contributed by atoms with E-state index in [0.29, 0.717) is 6.42 Å². The summed E-state index contributed by atoms with van der Waals surface area (Å²) in [4.78, 5) is 26.9. The fourth-order valence-corrected chi connectivity index (χ4v) is 3.87. The summed E-state index contributed by atoms with van der Waals surface area (Å²) in [7, 11) is 0. The molecule has 1 heterocycles. The minimum atomic E-state index is -0.434. The zero-order chi connectivity index (χ0) is 16.9. The summed E-state index contributed by atoms with van der Waals surface area (Å²) in [6, 6.07) is 0. The zero-order valence-electron chi connectivity index (χ0n) is 15.2. The summed E-state index contributed by atoms with van der Waals surface area (Å²) in [6.45, 7) is 7.60. The standard InChI is InChI=1S/C19H33NO3/c1-18(2,3)23-17(22)19(11-5-6-12-19)13-9-10-16(21)20-14-7-4-8-15-20/h4-15H2,1-3H3. The second kappa shape index (κ2) is 7.67. The molecule has 1 saturated carbocycles.